The molecule has 0 aromatic carbocycles. The molecule has 0 spiro atoms. The van der Waals surface area contributed by atoms with Gasteiger partial charge in [0.2, 0.25) is 0 Å². The molecule has 4 heteroatoms. The summed E-state index contributed by atoms with van der Waals surface area (Å²) in [6, 6.07) is 5.52. The zero-order valence-corrected chi connectivity index (χ0v) is 10.4. The molecule has 2 rings (SSSR count). The van der Waals surface area contributed by atoms with Crippen molar-refractivity contribution in [3.8, 4) is 5.75 Å². The molecule has 92 valence electrons. The minimum absolute atomic E-state index is 0.00868. The second kappa shape index (κ2) is 4.87. The Labute approximate surface area is 106 Å². The van der Waals surface area contributed by atoms with Crippen molar-refractivity contribution >= 4 is 17.0 Å². The van der Waals surface area contributed by atoms with Gasteiger partial charge in [-0.3, -0.25) is 4.98 Å². The van der Waals surface area contributed by atoms with Crippen molar-refractivity contribution in [2.45, 2.75) is 13.8 Å². The fourth-order valence-corrected chi connectivity index (χ4v) is 1.70. The lowest BCUT2D eigenvalue weighted by atomic mass is 9.99. The van der Waals surface area contributed by atoms with Gasteiger partial charge in [0.15, 0.2) is 11.6 Å². The van der Waals surface area contributed by atoms with E-state index in [-0.39, 0.29) is 11.6 Å². The third kappa shape index (κ3) is 2.32. The summed E-state index contributed by atoms with van der Waals surface area (Å²) in [5.41, 5.74) is 9.60. The molecule has 0 atom stereocenters. The zero-order chi connectivity index (χ0) is 13.1. The molecule has 4 nitrogen and oxygen atoms in total. The van der Waals surface area contributed by atoms with Gasteiger partial charge in [0.05, 0.1) is 0 Å². The van der Waals surface area contributed by atoms with Gasteiger partial charge in [-0.05, 0) is 54.3 Å². The molecule has 0 saturated carbocycles. The second-order valence-electron chi connectivity index (χ2n) is 4.11. The van der Waals surface area contributed by atoms with Crippen LogP contribution >= 0.6 is 0 Å². The van der Waals surface area contributed by atoms with Crippen molar-refractivity contribution in [1.29, 1.82) is 0 Å². The predicted octanol–water partition coefficient (Wildman–Crippen LogP) is 2.72. The van der Waals surface area contributed by atoms with Crippen LogP contribution in [0.15, 0.2) is 36.8 Å². The fraction of sp³-hybridized carbons (Fsp3) is 0.143. The van der Waals surface area contributed by atoms with Crippen LogP contribution in [0.25, 0.3) is 11.1 Å². The summed E-state index contributed by atoms with van der Waals surface area (Å²) in [6.07, 6.45) is 5.17. The average molecular weight is 241 g/mol. The fourth-order valence-electron chi connectivity index (χ4n) is 1.70. The van der Waals surface area contributed by atoms with Crippen molar-refractivity contribution in [3.05, 3.63) is 47.9 Å². The van der Waals surface area contributed by atoms with Gasteiger partial charge in [0.25, 0.3) is 0 Å². The van der Waals surface area contributed by atoms with Crippen LogP contribution in [0.3, 0.4) is 0 Å². The van der Waals surface area contributed by atoms with E-state index in [1.165, 1.54) is 0 Å². The number of pyridine rings is 2. The Hall–Kier alpha value is -2.36. The minimum atomic E-state index is 0.00868. The molecular weight excluding hydrogens is 226 g/mol. The first kappa shape index (κ1) is 12.1. The predicted molar refractivity (Wildman–Crippen MR) is 72.7 cm³/mol. The molecule has 2 aromatic rings. The Balaban J connectivity index is 2.46. The third-order valence-electron chi connectivity index (χ3n) is 3.01. The van der Waals surface area contributed by atoms with Crippen LogP contribution in [0.4, 0.5) is 5.82 Å². The van der Waals surface area contributed by atoms with Gasteiger partial charge in [-0.2, -0.15) is 0 Å². The van der Waals surface area contributed by atoms with E-state index in [0.717, 1.165) is 22.3 Å². The van der Waals surface area contributed by atoms with Crippen LogP contribution in [-0.4, -0.2) is 15.1 Å². The van der Waals surface area contributed by atoms with Gasteiger partial charge in [-0.1, -0.05) is 0 Å². The van der Waals surface area contributed by atoms with Crippen molar-refractivity contribution < 1.29 is 5.11 Å². The number of aromatic nitrogens is 2. The molecule has 0 aliphatic carbocycles. The lowest BCUT2D eigenvalue weighted by Crippen LogP contribution is -1.93. The van der Waals surface area contributed by atoms with Crippen molar-refractivity contribution in [1.82, 2.24) is 9.97 Å². The van der Waals surface area contributed by atoms with Crippen LogP contribution in [-0.2, 0) is 0 Å². The van der Waals surface area contributed by atoms with Crippen LogP contribution in [0.2, 0.25) is 0 Å². The highest BCUT2D eigenvalue weighted by atomic mass is 16.3. The number of nitrogens with two attached hydrogens (primary N) is 1. The molecule has 0 aliphatic heterocycles. The molecule has 0 saturated heterocycles. The molecule has 18 heavy (non-hydrogen) atoms. The largest absolute Gasteiger partial charge is 0.504 e. The van der Waals surface area contributed by atoms with E-state index in [2.05, 4.69) is 9.97 Å². The molecule has 3 N–H and O–H groups in total. The van der Waals surface area contributed by atoms with Crippen LogP contribution in [0.1, 0.15) is 25.0 Å². The molecule has 0 fully saturated rings. The number of nitrogens with zero attached hydrogens (tertiary/aromatic N) is 2. The first-order valence-corrected chi connectivity index (χ1v) is 5.62. The van der Waals surface area contributed by atoms with E-state index >= 15 is 0 Å². The number of nitrogen functional groups attached to an aromatic ring is 1. The molecule has 0 unspecified atom stereocenters. The van der Waals surface area contributed by atoms with Gasteiger partial charge in [-0.15, -0.1) is 0 Å². The van der Waals surface area contributed by atoms with Gasteiger partial charge < -0.3 is 10.8 Å². The Bertz CT molecular complexity index is 591. The van der Waals surface area contributed by atoms with Gasteiger partial charge in [-0.25, -0.2) is 4.98 Å². The quantitative estimate of drug-likeness (QED) is 0.848. The van der Waals surface area contributed by atoms with E-state index in [9.17, 15) is 5.11 Å². The Morgan fingerprint density at radius 2 is 1.72 bits per heavy atom. The number of anilines is 1. The Kier molecular flexibility index (Phi) is 3.28. The highest BCUT2D eigenvalue weighted by Gasteiger charge is 2.06. The molecule has 0 radical (unpaired) electrons. The van der Waals surface area contributed by atoms with Crippen LogP contribution in [0, 0.1) is 0 Å². The maximum Gasteiger partial charge on any atom is 0.165 e. The summed E-state index contributed by atoms with van der Waals surface area (Å²) in [5, 5.41) is 9.58. The lowest BCUT2D eigenvalue weighted by molar-refractivity contribution is 0.475. The van der Waals surface area contributed by atoms with Gasteiger partial charge in [0.1, 0.15) is 0 Å². The monoisotopic (exact) mass is 241 g/mol. The SMILES string of the molecule is C/C(=C(\C)c1cnc(N)c(O)c1)c1ccncc1. The lowest BCUT2D eigenvalue weighted by Gasteiger charge is -2.09. The zero-order valence-electron chi connectivity index (χ0n) is 10.4. The Morgan fingerprint density at radius 3 is 2.33 bits per heavy atom. The average Bonchev–Trinajstić information content (AvgIpc) is 2.41. The van der Waals surface area contributed by atoms with Crippen molar-refractivity contribution in [2.75, 3.05) is 5.73 Å². The first-order valence-electron chi connectivity index (χ1n) is 5.62. The highest BCUT2D eigenvalue weighted by Crippen LogP contribution is 2.28. The van der Waals surface area contributed by atoms with Gasteiger partial charge >= 0.3 is 0 Å². The summed E-state index contributed by atoms with van der Waals surface area (Å²) in [5.74, 6) is 0.155. The summed E-state index contributed by atoms with van der Waals surface area (Å²) in [7, 11) is 0. The summed E-state index contributed by atoms with van der Waals surface area (Å²) in [6.45, 7) is 4.01. The molecular formula is C14H15N3O. The molecule has 2 aromatic heterocycles. The number of hydrogen-bond acceptors (Lipinski definition) is 4. The third-order valence-corrected chi connectivity index (χ3v) is 3.01. The summed E-state index contributed by atoms with van der Waals surface area (Å²) in [4.78, 5) is 7.95. The minimum Gasteiger partial charge on any atom is -0.504 e. The number of rotatable bonds is 2. The maximum absolute atomic E-state index is 9.58. The first-order chi connectivity index (χ1) is 8.59. The van der Waals surface area contributed by atoms with E-state index in [1.807, 2.05) is 26.0 Å². The molecule has 2 heterocycles. The highest BCUT2D eigenvalue weighted by molar-refractivity contribution is 5.89. The maximum atomic E-state index is 9.58. The van der Waals surface area contributed by atoms with Crippen molar-refractivity contribution in [2.24, 2.45) is 0 Å². The van der Waals surface area contributed by atoms with E-state index in [4.69, 9.17) is 5.73 Å². The normalized spacial score (nSPS) is 12.1. The van der Waals surface area contributed by atoms with Crippen molar-refractivity contribution in [3.63, 3.8) is 0 Å². The number of aromatic hydroxyl groups is 1. The van der Waals surface area contributed by atoms with E-state index in [1.54, 1.807) is 24.7 Å². The number of allylic oxidation sites excluding steroid dienone is 2. The standard InChI is InChI=1S/C14H15N3O/c1-9(11-3-5-16-6-4-11)10(2)12-7-13(18)14(15)17-8-12/h3-8,18H,1-2H3,(H2,15,17)/b10-9-. The molecule has 0 aliphatic rings. The van der Waals surface area contributed by atoms with Gasteiger partial charge in [0, 0.05) is 18.6 Å². The second-order valence-corrected chi connectivity index (χ2v) is 4.11. The Morgan fingerprint density at radius 1 is 1.11 bits per heavy atom. The number of hydrogen-bond donors (Lipinski definition) is 2. The van der Waals surface area contributed by atoms with E-state index < -0.39 is 0 Å². The smallest absolute Gasteiger partial charge is 0.165 e. The summed E-state index contributed by atoms with van der Waals surface area (Å²) < 4.78 is 0. The summed E-state index contributed by atoms with van der Waals surface area (Å²) >= 11 is 0. The molecule has 0 amide bonds. The topological polar surface area (TPSA) is 72.0 Å². The van der Waals surface area contributed by atoms with E-state index in [0.29, 0.717) is 0 Å². The van der Waals surface area contributed by atoms with Crippen LogP contribution in [0.5, 0.6) is 5.75 Å². The molecule has 0 bridgehead atoms. The van der Waals surface area contributed by atoms with Crippen LogP contribution < -0.4 is 5.73 Å².